The van der Waals surface area contributed by atoms with Crippen LogP contribution >= 0.6 is 11.6 Å². The maximum absolute atomic E-state index is 10.6. The van der Waals surface area contributed by atoms with Crippen molar-refractivity contribution >= 4 is 23.4 Å². The van der Waals surface area contributed by atoms with Crippen LogP contribution in [0.5, 0.6) is 0 Å². The fourth-order valence-electron chi connectivity index (χ4n) is 1.30. The number of halogens is 1. The number of aliphatic hydroxyl groups excluding tert-OH is 1. The molecule has 0 amide bonds. The van der Waals surface area contributed by atoms with E-state index >= 15 is 0 Å². The van der Waals surface area contributed by atoms with Gasteiger partial charge in [-0.1, -0.05) is 12.2 Å². The fraction of sp³-hybridized carbons (Fsp3) is 0.273. The highest BCUT2D eigenvalue weighted by Gasteiger charge is 2.12. The molecule has 0 unspecified atom stereocenters. The van der Waals surface area contributed by atoms with Crippen molar-refractivity contribution in [2.24, 2.45) is 0 Å². The van der Waals surface area contributed by atoms with E-state index in [0.29, 0.717) is 11.4 Å². The predicted octanol–water partition coefficient (Wildman–Crippen LogP) is 2.73. The van der Waals surface area contributed by atoms with Gasteiger partial charge in [0.15, 0.2) is 0 Å². The largest absolute Gasteiger partial charge is 0.391 e. The third-order valence-corrected chi connectivity index (χ3v) is 2.27. The monoisotopic (exact) mass is 241 g/mol. The molecule has 1 N–H and O–H groups in total. The Morgan fingerprint density at radius 2 is 2.25 bits per heavy atom. The number of hydrogen-bond donors (Lipinski definition) is 1. The molecule has 0 spiro atoms. The highest BCUT2D eigenvalue weighted by molar-refractivity contribution is 6.17. The zero-order valence-electron chi connectivity index (χ0n) is 8.60. The third-order valence-electron chi connectivity index (χ3n) is 2.06. The predicted molar refractivity (Wildman–Crippen MR) is 63.4 cm³/mol. The van der Waals surface area contributed by atoms with Gasteiger partial charge in [0.2, 0.25) is 0 Å². The van der Waals surface area contributed by atoms with Crippen LogP contribution in [0.3, 0.4) is 0 Å². The Bertz CT molecular complexity index is 404. The summed E-state index contributed by atoms with van der Waals surface area (Å²) in [4.78, 5) is 10.1. The zero-order chi connectivity index (χ0) is 12.0. The van der Waals surface area contributed by atoms with Crippen LogP contribution in [-0.2, 0) is 6.61 Å². The lowest BCUT2D eigenvalue weighted by Crippen LogP contribution is -1.95. The van der Waals surface area contributed by atoms with Gasteiger partial charge in [-0.3, -0.25) is 10.1 Å². The molecule has 0 aliphatic heterocycles. The SMILES string of the molecule is O=[N+]([O-])c1ccc(C=CCCCl)cc1CO. The normalized spacial score (nSPS) is 10.9. The number of nitrogens with zero attached hydrogens (tertiary/aromatic N) is 1. The summed E-state index contributed by atoms with van der Waals surface area (Å²) in [5.74, 6) is 0.538. The molecule has 0 aliphatic carbocycles. The molecule has 0 saturated carbocycles. The van der Waals surface area contributed by atoms with Gasteiger partial charge in [-0.2, -0.15) is 0 Å². The van der Waals surface area contributed by atoms with Crippen LogP contribution in [0.4, 0.5) is 5.69 Å². The Kier molecular flexibility index (Phi) is 4.95. The van der Waals surface area contributed by atoms with Crippen molar-refractivity contribution in [2.45, 2.75) is 13.0 Å². The molecule has 0 aromatic heterocycles. The minimum absolute atomic E-state index is 0.0583. The molecule has 0 saturated heterocycles. The molecule has 0 bridgehead atoms. The molecular formula is C11H12ClNO3. The second-order valence-corrected chi connectivity index (χ2v) is 3.56. The van der Waals surface area contributed by atoms with Crippen molar-refractivity contribution in [3.63, 3.8) is 0 Å². The summed E-state index contributed by atoms with van der Waals surface area (Å²) >= 11 is 5.51. The van der Waals surface area contributed by atoms with Crippen LogP contribution in [0.15, 0.2) is 24.3 Å². The van der Waals surface area contributed by atoms with Crippen molar-refractivity contribution in [2.75, 3.05) is 5.88 Å². The van der Waals surface area contributed by atoms with Gasteiger partial charge in [0.05, 0.1) is 17.1 Å². The molecule has 16 heavy (non-hydrogen) atoms. The van der Waals surface area contributed by atoms with Gasteiger partial charge in [-0.25, -0.2) is 0 Å². The second kappa shape index (κ2) is 6.25. The Morgan fingerprint density at radius 3 is 2.81 bits per heavy atom. The lowest BCUT2D eigenvalue weighted by Gasteiger charge is -2.00. The summed E-state index contributed by atoms with van der Waals surface area (Å²) in [7, 11) is 0. The van der Waals surface area contributed by atoms with E-state index in [1.807, 2.05) is 12.2 Å². The van der Waals surface area contributed by atoms with Gasteiger partial charge in [-0.05, 0) is 24.1 Å². The summed E-state index contributed by atoms with van der Waals surface area (Å²) in [6.07, 6.45) is 4.45. The first-order valence-electron chi connectivity index (χ1n) is 4.79. The molecule has 0 radical (unpaired) electrons. The molecule has 86 valence electrons. The van der Waals surface area contributed by atoms with Gasteiger partial charge >= 0.3 is 0 Å². The van der Waals surface area contributed by atoms with E-state index in [4.69, 9.17) is 16.7 Å². The molecular weight excluding hydrogens is 230 g/mol. The standard InChI is InChI=1S/C11H12ClNO3/c12-6-2-1-3-9-4-5-11(13(15)16)10(7-9)8-14/h1,3-5,7,14H,2,6,8H2. The topological polar surface area (TPSA) is 63.4 Å². The molecule has 5 heteroatoms. The smallest absolute Gasteiger partial charge is 0.274 e. The van der Waals surface area contributed by atoms with Crippen LogP contribution in [0, 0.1) is 10.1 Å². The number of aliphatic hydroxyl groups is 1. The highest BCUT2D eigenvalue weighted by Crippen LogP contribution is 2.20. The van der Waals surface area contributed by atoms with Crippen molar-refractivity contribution in [3.05, 3.63) is 45.5 Å². The van der Waals surface area contributed by atoms with Crippen LogP contribution in [-0.4, -0.2) is 15.9 Å². The minimum atomic E-state index is -0.502. The average Bonchev–Trinajstić information content (AvgIpc) is 2.29. The summed E-state index contributed by atoms with van der Waals surface area (Å²) in [5, 5.41) is 19.6. The lowest BCUT2D eigenvalue weighted by atomic mass is 10.1. The number of nitro benzene ring substituents is 1. The van der Waals surface area contributed by atoms with Gasteiger partial charge in [-0.15, -0.1) is 11.6 Å². The van der Waals surface area contributed by atoms with Crippen molar-refractivity contribution in [3.8, 4) is 0 Å². The molecule has 0 atom stereocenters. The molecule has 0 fully saturated rings. The quantitative estimate of drug-likeness (QED) is 0.490. The zero-order valence-corrected chi connectivity index (χ0v) is 9.35. The van der Waals surface area contributed by atoms with Crippen molar-refractivity contribution in [1.29, 1.82) is 0 Å². The molecule has 1 rings (SSSR count). The van der Waals surface area contributed by atoms with Crippen LogP contribution in [0.25, 0.3) is 6.08 Å². The number of allylic oxidation sites excluding steroid dienone is 1. The third kappa shape index (κ3) is 3.32. The maximum atomic E-state index is 10.6. The van der Waals surface area contributed by atoms with Crippen LogP contribution in [0.1, 0.15) is 17.5 Å². The number of rotatable bonds is 5. The Morgan fingerprint density at radius 1 is 1.50 bits per heavy atom. The second-order valence-electron chi connectivity index (χ2n) is 3.18. The van der Waals surface area contributed by atoms with E-state index in [-0.39, 0.29) is 12.3 Å². The highest BCUT2D eigenvalue weighted by atomic mass is 35.5. The fourth-order valence-corrected chi connectivity index (χ4v) is 1.42. The average molecular weight is 242 g/mol. The molecule has 0 heterocycles. The first-order valence-corrected chi connectivity index (χ1v) is 5.33. The molecule has 0 aliphatic rings. The lowest BCUT2D eigenvalue weighted by molar-refractivity contribution is -0.385. The Balaban J connectivity index is 2.95. The summed E-state index contributed by atoms with van der Waals surface area (Å²) < 4.78 is 0. The first-order chi connectivity index (χ1) is 7.69. The van der Waals surface area contributed by atoms with Crippen LogP contribution < -0.4 is 0 Å². The Hall–Kier alpha value is -1.39. The van der Waals surface area contributed by atoms with Crippen LogP contribution in [0.2, 0.25) is 0 Å². The Labute approximate surface area is 98.3 Å². The first kappa shape index (κ1) is 12.7. The molecule has 1 aromatic carbocycles. The van der Waals surface area contributed by atoms with Gasteiger partial charge < -0.3 is 5.11 Å². The summed E-state index contributed by atoms with van der Waals surface area (Å²) in [6.45, 7) is -0.340. The number of alkyl halides is 1. The van der Waals surface area contributed by atoms with Gasteiger partial charge in [0.1, 0.15) is 0 Å². The molecule has 1 aromatic rings. The van der Waals surface area contributed by atoms with Gasteiger partial charge in [0, 0.05) is 11.9 Å². The summed E-state index contributed by atoms with van der Waals surface area (Å²) in [5.41, 5.74) is 1.08. The van der Waals surface area contributed by atoms with Crippen molar-refractivity contribution in [1.82, 2.24) is 0 Å². The molecule has 4 nitrogen and oxygen atoms in total. The maximum Gasteiger partial charge on any atom is 0.274 e. The number of hydrogen-bond acceptors (Lipinski definition) is 3. The van der Waals surface area contributed by atoms with E-state index in [0.717, 1.165) is 12.0 Å². The van der Waals surface area contributed by atoms with Crippen molar-refractivity contribution < 1.29 is 10.0 Å². The van der Waals surface area contributed by atoms with E-state index in [1.165, 1.54) is 6.07 Å². The van der Waals surface area contributed by atoms with E-state index in [1.54, 1.807) is 12.1 Å². The van der Waals surface area contributed by atoms with Gasteiger partial charge in [0.25, 0.3) is 5.69 Å². The van der Waals surface area contributed by atoms with E-state index < -0.39 is 4.92 Å². The number of benzene rings is 1. The number of nitro groups is 1. The van der Waals surface area contributed by atoms with E-state index in [9.17, 15) is 10.1 Å². The summed E-state index contributed by atoms with van der Waals surface area (Å²) in [6, 6.07) is 4.64. The van der Waals surface area contributed by atoms with E-state index in [2.05, 4.69) is 0 Å². The minimum Gasteiger partial charge on any atom is -0.391 e.